The van der Waals surface area contributed by atoms with Crippen LogP contribution >= 0.6 is 11.3 Å². The van der Waals surface area contributed by atoms with Crippen LogP contribution in [0.25, 0.3) is 4.96 Å². The summed E-state index contributed by atoms with van der Waals surface area (Å²) < 4.78 is 1.64. The SMILES string of the molecule is Cc1csc2nc(CN3CCC(C)C(O)C3)cc(=O)n12. The van der Waals surface area contributed by atoms with Crippen molar-refractivity contribution < 1.29 is 5.11 Å². The average Bonchev–Trinajstić information content (AvgIpc) is 2.76. The third kappa shape index (κ3) is 2.51. The van der Waals surface area contributed by atoms with Gasteiger partial charge in [0.25, 0.3) is 5.56 Å². The van der Waals surface area contributed by atoms with Crippen molar-refractivity contribution in [3.05, 3.63) is 33.2 Å². The van der Waals surface area contributed by atoms with E-state index in [1.165, 1.54) is 11.3 Å². The number of hydrogen-bond acceptors (Lipinski definition) is 5. The van der Waals surface area contributed by atoms with Gasteiger partial charge in [-0.3, -0.25) is 14.1 Å². The van der Waals surface area contributed by atoms with Gasteiger partial charge in [0, 0.05) is 30.2 Å². The molecule has 2 unspecified atom stereocenters. The Kier molecular flexibility index (Phi) is 3.62. The molecule has 6 heteroatoms. The van der Waals surface area contributed by atoms with Gasteiger partial charge >= 0.3 is 0 Å². The van der Waals surface area contributed by atoms with E-state index in [0.717, 1.165) is 29.3 Å². The number of aryl methyl sites for hydroxylation is 1. The minimum absolute atomic E-state index is 0.0188. The summed E-state index contributed by atoms with van der Waals surface area (Å²) in [7, 11) is 0. The topological polar surface area (TPSA) is 57.8 Å². The third-order valence-electron chi connectivity index (χ3n) is 4.02. The minimum Gasteiger partial charge on any atom is -0.392 e. The van der Waals surface area contributed by atoms with Crippen molar-refractivity contribution in [3.8, 4) is 0 Å². The quantitative estimate of drug-likeness (QED) is 0.906. The summed E-state index contributed by atoms with van der Waals surface area (Å²) in [6.45, 7) is 6.22. The Bertz CT molecular complexity index is 679. The van der Waals surface area contributed by atoms with Gasteiger partial charge in [-0.1, -0.05) is 6.92 Å². The Morgan fingerprint density at radius 2 is 2.35 bits per heavy atom. The summed E-state index contributed by atoms with van der Waals surface area (Å²) in [4.78, 5) is 19.6. The van der Waals surface area contributed by atoms with E-state index in [1.807, 2.05) is 12.3 Å². The Labute approximate surface area is 121 Å². The van der Waals surface area contributed by atoms with Crippen molar-refractivity contribution in [2.24, 2.45) is 5.92 Å². The number of thiazole rings is 1. The average molecular weight is 293 g/mol. The van der Waals surface area contributed by atoms with E-state index >= 15 is 0 Å². The van der Waals surface area contributed by atoms with Crippen LogP contribution in [0.1, 0.15) is 24.7 Å². The van der Waals surface area contributed by atoms with Crippen LogP contribution < -0.4 is 5.56 Å². The number of fused-ring (bicyclic) bond motifs is 1. The van der Waals surface area contributed by atoms with Crippen LogP contribution in [0.2, 0.25) is 0 Å². The molecular weight excluding hydrogens is 274 g/mol. The third-order valence-corrected chi connectivity index (χ3v) is 4.96. The van der Waals surface area contributed by atoms with E-state index in [9.17, 15) is 9.90 Å². The van der Waals surface area contributed by atoms with Crippen molar-refractivity contribution in [2.75, 3.05) is 13.1 Å². The molecule has 0 aliphatic carbocycles. The van der Waals surface area contributed by atoms with Crippen LogP contribution in [-0.4, -0.2) is 38.6 Å². The minimum atomic E-state index is -0.280. The molecule has 108 valence electrons. The second-order valence-corrected chi connectivity index (χ2v) is 6.49. The fraction of sp³-hybridized carbons (Fsp3) is 0.571. The highest BCUT2D eigenvalue weighted by molar-refractivity contribution is 7.15. The van der Waals surface area contributed by atoms with E-state index in [4.69, 9.17) is 0 Å². The molecule has 1 saturated heterocycles. The van der Waals surface area contributed by atoms with Crippen LogP contribution in [0.3, 0.4) is 0 Å². The summed E-state index contributed by atoms with van der Waals surface area (Å²) in [5.41, 5.74) is 1.70. The lowest BCUT2D eigenvalue weighted by Crippen LogP contribution is -2.42. The van der Waals surface area contributed by atoms with Gasteiger partial charge < -0.3 is 5.11 Å². The number of aliphatic hydroxyl groups is 1. The van der Waals surface area contributed by atoms with Crippen molar-refractivity contribution in [1.29, 1.82) is 0 Å². The zero-order valence-electron chi connectivity index (χ0n) is 11.7. The van der Waals surface area contributed by atoms with Crippen LogP contribution in [0.15, 0.2) is 16.2 Å². The van der Waals surface area contributed by atoms with Gasteiger partial charge in [0.2, 0.25) is 0 Å². The molecule has 0 bridgehead atoms. The van der Waals surface area contributed by atoms with Gasteiger partial charge in [0.05, 0.1) is 11.8 Å². The predicted octanol–water partition coefficient (Wildman–Crippen LogP) is 1.27. The van der Waals surface area contributed by atoms with Crippen LogP contribution in [0.4, 0.5) is 0 Å². The molecule has 2 aromatic rings. The number of likely N-dealkylation sites (tertiary alicyclic amines) is 1. The van der Waals surface area contributed by atoms with Crippen molar-refractivity contribution in [2.45, 2.75) is 32.9 Å². The number of aromatic nitrogens is 2. The zero-order valence-corrected chi connectivity index (χ0v) is 12.6. The first-order valence-corrected chi connectivity index (χ1v) is 7.80. The Hall–Kier alpha value is -1.24. The lowest BCUT2D eigenvalue weighted by atomic mass is 9.96. The molecule has 1 fully saturated rings. The smallest absolute Gasteiger partial charge is 0.259 e. The summed E-state index contributed by atoms with van der Waals surface area (Å²) >= 11 is 1.49. The van der Waals surface area contributed by atoms with Crippen LogP contribution in [0.5, 0.6) is 0 Å². The predicted molar refractivity (Wildman–Crippen MR) is 79.1 cm³/mol. The molecule has 0 radical (unpaired) electrons. The van der Waals surface area contributed by atoms with Crippen molar-refractivity contribution in [1.82, 2.24) is 14.3 Å². The molecule has 2 atom stereocenters. The zero-order chi connectivity index (χ0) is 14.3. The van der Waals surface area contributed by atoms with Gasteiger partial charge in [-0.15, -0.1) is 11.3 Å². The number of nitrogens with zero attached hydrogens (tertiary/aromatic N) is 3. The van der Waals surface area contributed by atoms with E-state index in [2.05, 4.69) is 16.8 Å². The van der Waals surface area contributed by atoms with Crippen LogP contribution in [-0.2, 0) is 6.54 Å². The first-order valence-electron chi connectivity index (χ1n) is 6.92. The van der Waals surface area contributed by atoms with Crippen molar-refractivity contribution in [3.63, 3.8) is 0 Å². The molecule has 1 N–H and O–H groups in total. The maximum absolute atomic E-state index is 12.1. The molecule has 3 heterocycles. The van der Waals surface area contributed by atoms with E-state index in [-0.39, 0.29) is 11.7 Å². The molecule has 0 aromatic carbocycles. The molecule has 2 aromatic heterocycles. The van der Waals surface area contributed by atoms with Gasteiger partial charge in [-0.05, 0) is 25.8 Å². The Morgan fingerprint density at radius 3 is 3.10 bits per heavy atom. The fourth-order valence-electron chi connectivity index (χ4n) is 2.67. The number of aliphatic hydroxyl groups excluding tert-OH is 1. The monoisotopic (exact) mass is 293 g/mol. The van der Waals surface area contributed by atoms with Gasteiger partial charge in [-0.25, -0.2) is 4.98 Å². The second-order valence-electron chi connectivity index (χ2n) is 5.65. The fourth-order valence-corrected chi connectivity index (χ4v) is 3.56. The summed E-state index contributed by atoms with van der Waals surface area (Å²) in [6, 6.07) is 1.61. The Morgan fingerprint density at radius 1 is 1.55 bits per heavy atom. The summed E-state index contributed by atoms with van der Waals surface area (Å²) in [5, 5.41) is 11.9. The molecule has 0 amide bonds. The number of hydrogen-bond donors (Lipinski definition) is 1. The molecule has 3 rings (SSSR count). The van der Waals surface area contributed by atoms with Crippen LogP contribution in [0, 0.1) is 12.8 Å². The highest BCUT2D eigenvalue weighted by Gasteiger charge is 2.24. The Balaban J connectivity index is 1.83. The van der Waals surface area contributed by atoms with E-state index in [0.29, 0.717) is 19.0 Å². The normalized spacial score (nSPS) is 24.4. The van der Waals surface area contributed by atoms with Crippen molar-refractivity contribution >= 4 is 16.3 Å². The molecule has 20 heavy (non-hydrogen) atoms. The first-order chi connectivity index (χ1) is 9.54. The molecule has 0 saturated carbocycles. The van der Waals surface area contributed by atoms with Gasteiger partial charge in [0.15, 0.2) is 4.96 Å². The summed E-state index contributed by atoms with van der Waals surface area (Å²) in [6.07, 6.45) is 0.707. The maximum Gasteiger partial charge on any atom is 0.259 e. The highest BCUT2D eigenvalue weighted by atomic mass is 32.1. The highest BCUT2D eigenvalue weighted by Crippen LogP contribution is 2.19. The molecular formula is C14H19N3O2S. The molecule has 1 aliphatic heterocycles. The molecule has 0 spiro atoms. The van der Waals surface area contributed by atoms with Gasteiger partial charge in [0.1, 0.15) is 0 Å². The number of β-amino-alcohol motifs (C(OH)–C–C–N with tert-alkyl or cyclic N) is 1. The lowest BCUT2D eigenvalue weighted by molar-refractivity contribution is 0.0254. The van der Waals surface area contributed by atoms with E-state index in [1.54, 1.807) is 10.5 Å². The number of piperidine rings is 1. The molecule has 1 aliphatic rings. The number of rotatable bonds is 2. The largest absolute Gasteiger partial charge is 0.392 e. The van der Waals surface area contributed by atoms with E-state index < -0.39 is 0 Å². The molecule has 5 nitrogen and oxygen atoms in total. The standard InChI is InChI=1S/C14H19N3O2S/c1-9-3-4-16(7-12(9)18)6-11-5-13(19)17-10(2)8-20-14(17)15-11/h5,8-9,12,18H,3-4,6-7H2,1-2H3. The van der Waals surface area contributed by atoms with Gasteiger partial charge in [-0.2, -0.15) is 0 Å². The first kappa shape index (κ1) is 13.7. The second kappa shape index (κ2) is 5.27. The summed E-state index contributed by atoms with van der Waals surface area (Å²) in [5.74, 6) is 0.354. The maximum atomic E-state index is 12.1. The lowest BCUT2D eigenvalue weighted by Gasteiger charge is -2.33.